The van der Waals surface area contributed by atoms with Crippen LogP contribution in [0.4, 0.5) is 0 Å². The predicted molar refractivity (Wildman–Crippen MR) is 64.7 cm³/mol. The van der Waals surface area contributed by atoms with Crippen molar-refractivity contribution in [1.82, 2.24) is 5.23 Å². The number of hydrogen-bond donors (Lipinski definition) is 4. The van der Waals surface area contributed by atoms with E-state index >= 15 is 0 Å². The molecule has 0 amide bonds. The number of benzene rings is 1. The number of carbonyl (C=O) groups excluding carboxylic acids is 1. The Morgan fingerprint density at radius 2 is 1.74 bits per heavy atom. The molecule has 0 aliphatic carbocycles. The molecule has 0 saturated heterocycles. The maximum absolute atomic E-state index is 12.1. The van der Waals surface area contributed by atoms with Gasteiger partial charge in [-0.25, -0.2) is 0 Å². The third kappa shape index (κ3) is 3.58. The van der Waals surface area contributed by atoms with E-state index in [9.17, 15) is 9.59 Å². The van der Waals surface area contributed by atoms with Crippen LogP contribution in [0, 0.1) is 0 Å². The second kappa shape index (κ2) is 6.39. The quantitative estimate of drug-likeness (QED) is 0.544. The number of Topliss-reactive ketones (excluding diaryl/α,β-unsaturated/α-hetero) is 1. The maximum atomic E-state index is 12.1. The van der Waals surface area contributed by atoms with E-state index in [4.69, 9.17) is 21.3 Å². The average molecular weight is 268 g/mol. The van der Waals surface area contributed by atoms with Crippen molar-refractivity contribution in [2.45, 2.75) is 24.9 Å². The van der Waals surface area contributed by atoms with Gasteiger partial charge in [0.1, 0.15) is 0 Å². The van der Waals surface area contributed by atoms with Crippen LogP contribution in [0.15, 0.2) is 30.3 Å². The Hall–Kier alpha value is -1.80. The molecule has 3 atom stereocenters. The summed E-state index contributed by atoms with van der Waals surface area (Å²) < 4.78 is 0. The summed E-state index contributed by atoms with van der Waals surface area (Å²) in [5.74, 6) is -3.40. The van der Waals surface area contributed by atoms with E-state index in [-0.39, 0.29) is 0 Å². The monoisotopic (exact) mass is 268 g/mol. The van der Waals surface area contributed by atoms with Crippen LogP contribution in [0.5, 0.6) is 0 Å². The number of carboxylic acids is 1. The lowest BCUT2D eigenvalue weighted by atomic mass is 9.85. The summed E-state index contributed by atoms with van der Waals surface area (Å²) in [5.41, 5.74) is 5.84. The van der Waals surface area contributed by atoms with E-state index in [0.717, 1.165) is 0 Å². The van der Waals surface area contributed by atoms with Crippen LogP contribution < -0.4 is 5.73 Å². The Bertz CT molecular complexity index is 447. The lowest BCUT2D eigenvalue weighted by Crippen LogP contribution is -2.47. The topological polar surface area (TPSA) is 124 Å². The Kier molecular flexibility index (Phi) is 5.13. The number of carboxylic acid groups (broad SMARTS) is 1. The van der Waals surface area contributed by atoms with Crippen molar-refractivity contribution < 1.29 is 25.1 Å². The first-order valence-corrected chi connectivity index (χ1v) is 5.60. The van der Waals surface area contributed by atoms with Gasteiger partial charge in [-0.15, -0.1) is 0 Å². The summed E-state index contributed by atoms with van der Waals surface area (Å²) in [6.07, 6.45) is 0. The largest absolute Gasteiger partial charge is 0.480 e. The normalized spacial score (nSPS) is 15.8. The van der Waals surface area contributed by atoms with Gasteiger partial charge in [0, 0.05) is 0 Å². The molecule has 1 rings (SSSR count). The van der Waals surface area contributed by atoms with Gasteiger partial charge < -0.3 is 10.8 Å². The molecule has 7 nitrogen and oxygen atoms in total. The molecule has 0 aromatic heterocycles. The van der Waals surface area contributed by atoms with E-state index in [1.807, 2.05) is 0 Å². The van der Waals surface area contributed by atoms with E-state index in [2.05, 4.69) is 0 Å². The van der Waals surface area contributed by atoms with Gasteiger partial charge in [-0.2, -0.15) is 0 Å². The van der Waals surface area contributed by atoms with Crippen molar-refractivity contribution in [3.63, 3.8) is 0 Å². The van der Waals surface area contributed by atoms with Crippen molar-refractivity contribution in [2.75, 3.05) is 0 Å². The third-order valence-electron chi connectivity index (χ3n) is 2.73. The summed E-state index contributed by atoms with van der Waals surface area (Å²) in [4.78, 5) is 23.2. The second-order valence-electron chi connectivity index (χ2n) is 4.18. The fourth-order valence-corrected chi connectivity index (χ4v) is 1.82. The highest BCUT2D eigenvalue weighted by atomic mass is 16.8. The first kappa shape index (κ1) is 15.3. The van der Waals surface area contributed by atoms with E-state index in [1.165, 1.54) is 19.1 Å². The van der Waals surface area contributed by atoms with Crippen LogP contribution in [0.3, 0.4) is 0 Å². The minimum absolute atomic E-state index is 0.352. The van der Waals surface area contributed by atoms with Gasteiger partial charge >= 0.3 is 5.97 Å². The number of nitrogens with two attached hydrogens (primary N) is 1. The molecular weight excluding hydrogens is 252 g/mol. The van der Waals surface area contributed by atoms with Crippen molar-refractivity contribution in [3.05, 3.63) is 35.9 Å². The van der Waals surface area contributed by atoms with Gasteiger partial charge in [-0.3, -0.25) is 20.0 Å². The fraction of sp³-hybridized carbons (Fsp3) is 0.333. The summed E-state index contributed by atoms with van der Waals surface area (Å²) in [6.45, 7) is 1.41. The van der Waals surface area contributed by atoms with Gasteiger partial charge in [0.05, 0.1) is 12.0 Å². The van der Waals surface area contributed by atoms with Crippen LogP contribution in [0.2, 0.25) is 0 Å². The zero-order chi connectivity index (χ0) is 14.6. The van der Waals surface area contributed by atoms with E-state index in [1.54, 1.807) is 18.2 Å². The number of nitrogens with zero attached hydrogens (tertiary/aromatic N) is 1. The summed E-state index contributed by atoms with van der Waals surface area (Å²) in [7, 11) is 0. The molecule has 1 aromatic carbocycles. The Labute approximate surface area is 109 Å². The van der Waals surface area contributed by atoms with Crippen LogP contribution in [-0.4, -0.2) is 44.6 Å². The van der Waals surface area contributed by atoms with Gasteiger partial charge in [0.2, 0.25) is 0 Å². The Balaban J connectivity index is 3.26. The first-order chi connectivity index (χ1) is 8.86. The minimum atomic E-state index is -1.82. The number of hydroxylamine groups is 2. The van der Waals surface area contributed by atoms with Gasteiger partial charge in [-0.05, 0) is 12.5 Å². The molecule has 0 bridgehead atoms. The molecule has 0 aliphatic heterocycles. The molecule has 0 fully saturated rings. The van der Waals surface area contributed by atoms with Crippen molar-refractivity contribution >= 4 is 11.8 Å². The van der Waals surface area contributed by atoms with Crippen molar-refractivity contribution in [2.24, 2.45) is 5.73 Å². The first-order valence-electron chi connectivity index (χ1n) is 5.60. The van der Waals surface area contributed by atoms with Crippen LogP contribution in [0.1, 0.15) is 18.4 Å². The molecule has 1 aromatic rings. The lowest BCUT2D eigenvalue weighted by molar-refractivity contribution is -0.329. The molecule has 0 radical (unpaired) electrons. The Morgan fingerprint density at radius 1 is 1.21 bits per heavy atom. The SMILES string of the molecule is C[C@H](N)C(=O)C(c1ccccc1)[C@@H](C(=O)O)N(O)O. The lowest BCUT2D eigenvalue weighted by Gasteiger charge is -2.26. The number of ketones is 1. The van der Waals surface area contributed by atoms with E-state index < -0.39 is 35.0 Å². The molecule has 0 saturated carbocycles. The molecule has 5 N–H and O–H groups in total. The van der Waals surface area contributed by atoms with Gasteiger partial charge in [0.15, 0.2) is 11.8 Å². The molecule has 7 heteroatoms. The third-order valence-corrected chi connectivity index (χ3v) is 2.73. The number of carbonyl (C=O) groups is 2. The number of rotatable bonds is 6. The molecule has 0 heterocycles. The molecule has 1 unspecified atom stereocenters. The second-order valence-corrected chi connectivity index (χ2v) is 4.18. The average Bonchev–Trinajstić information content (AvgIpc) is 2.34. The summed E-state index contributed by atoms with van der Waals surface area (Å²) in [6, 6.07) is 5.26. The van der Waals surface area contributed by atoms with Gasteiger partial charge in [0.25, 0.3) is 0 Å². The van der Waals surface area contributed by atoms with Crippen molar-refractivity contribution in [3.8, 4) is 0 Å². The highest BCUT2D eigenvalue weighted by Gasteiger charge is 2.40. The zero-order valence-electron chi connectivity index (χ0n) is 10.3. The maximum Gasteiger partial charge on any atom is 0.327 e. The molecule has 0 aliphatic rings. The zero-order valence-corrected chi connectivity index (χ0v) is 10.3. The Morgan fingerprint density at radius 3 is 2.11 bits per heavy atom. The summed E-state index contributed by atoms with van der Waals surface area (Å²) >= 11 is 0. The van der Waals surface area contributed by atoms with Crippen LogP contribution in [0.25, 0.3) is 0 Å². The summed E-state index contributed by atoms with van der Waals surface area (Å²) in [5, 5.41) is 26.7. The molecular formula is C12H16N2O5. The highest BCUT2D eigenvalue weighted by molar-refractivity contribution is 5.95. The molecule has 0 spiro atoms. The fourth-order valence-electron chi connectivity index (χ4n) is 1.82. The number of aliphatic carboxylic acids is 1. The number of hydrogen-bond acceptors (Lipinski definition) is 6. The van der Waals surface area contributed by atoms with Crippen LogP contribution in [-0.2, 0) is 9.59 Å². The van der Waals surface area contributed by atoms with E-state index in [0.29, 0.717) is 5.56 Å². The smallest absolute Gasteiger partial charge is 0.327 e. The standard InChI is InChI=1S/C12H16N2O5/c1-7(13)11(15)9(8-5-3-2-4-6-8)10(12(16)17)14(18)19/h2-7,9-10,18-19H,13H2,1H3,(H,16,17)/t7-,9?,10-/m0/s1. The van der Waals surface area contributed by atoms with Crippen LogP contribution >= 0.6 is 0 Å². The highest BCUT2D eigenvalue weighted by Crippen LogP contribution is 2.24. The predicted octanol–water partition coefficient (Wildman–Crippen LogP) is 0.220. The minimum Gasteiger partial charge on any atom is -0.480 e. The van der Waals surface area contributed by atoms with Gasteiger partial charge in [-0.1, -0.05) is 35.6 Å². The molecule has 19 heavy (non-hydrogen) atoms. The molecule has 104 valence electrons. The van der Waals surface area contributed by atoms with Crippen molar-refractivity contribution in [1.29, 1.82) is 0 Å².